The molecule has 0 aromatic heterocycles. The lowest BCUT2D eigenvalue weighted by Crippen LogP contribution is -2.56. The summed E-state index contributed by atoms with van der Waals surface area (Å²) in [6.45, 7) is 1.87. The molecule has 9 nitrogen and oxygen atoms in total. The van der Waals surface area contributed by atoms with Crippen molar-refractivity contribution in [3.63, 3.8) is 0 Å². The van der Waals surface area contributed by atoms with Crippen LogP contribution in [0.25, 0.3) is 0 Å². The van der Waals surface area contributed by atoms with Gasteiger partial charge in [-0.15, -0.1) is 0 Å². The minimum absolute atomic E-state index is 0.0497. The number of aliphatic hydroxyl groups is 3. The maximum absolute atomic E-state index is 13.7. The average Bonchev–Trinajstić information content (AvgIpc) is 3.30. The average molecular weight is 537 g/mol. The molecule has 1 saturated carbocycles. The van der Waals surface area contributed by atoms with E-state index in [-0.39, 0.29) is 38.1 Å². The second-order valence-corrected chi connectivity index (χ2v) is 10.6. The van der Waals surface area contributed by atoms with E-state index in [1.165, 1.54) is 7.11 Å². The van der Waals surface area contributed by atoms with E-state index in [1.54, 1.807) is 23.1 Å². The predicted molar refractivity (Wildman–Crippen MR) is 143 cm³/mol. The number of hydrogen-bond donors (Lipinski definition) is 4. The summed E-state index contributed by atoms with van der Waals surface area (Å²) in [7, 11) is 1.49. The van der Waals surface area contributed by atoms with Gasteiger partial charge in [-0.25, -0.2) is 0 Å². The smallest absolute Gasteiger partial charge is 0.247 e. The molecule has 0 saturated heterocycles. The first-order chi connectivity index (χ1) is 18.9. The van der Waals surface area contributed by atoms with Crippen molar-refractivity contribution in [2.75, 3.05) is 20.3 Å². The Kier molecular flexibility index (Phi) is 7.93. The first kappa shape index (κ1) is 27.2. The number of nitrogens with zero attached hydrogens (tertiary/aromatic N) is 1. The molecule has 208 valence electrons. The van der Waals surface area contributed by atoms with Gasteiger partial charge in [0.25, 0.3) is 0 Å². The number of aliphatic hydroxyl groups excluding tert-OH is 3. The van der Waals surface area contributed by atoms with E-state index < -0.39 is 30.1 Å². The van der Waals surface area contributed by atoms with Crippen molar-refractivity contribution in [3.05, 3.63) is 70.3 Å². The SMILES string of the molecule is COc1cc(CO)cc2c1O[C@@H]1[C@@H](O)[C@H](N(Cc3ccc(C)cc3)C(=O)C3CCC3)C=C(C(=O)NCCO)[C@H]21. The summed E-state index contributed by atoms with van der Waals surface area (Å²) in [6, 6.07) is 10.5. The lowest BCUT2D eigenvalue weighted by atomic mass is 9.76. The van der Waals surface area contributed by atoms with Gasteiger partial charge < -0.3 is 35.0 Å². The summed E-state index contributed by atoms with van der Waals surface area (Å²) in [5.74, 6) is -0.425. The number of nitrogens with one attached hydrogen (secondary N) is 1. The normalized spacial score (nSPS) is 23.6. The number of hydrogen-bond acceptors (Lipinski definition) is 7. The van der Waals surface area contributed by atoms with E-state index in [9.17, 15) is 24.9 Å². The molecule has 9 heteroatoms. The van der Waals surface area contributed by atoms with Crippen molar-refractivity contribution in [2.45, 2.75) is 63.5 Å². The highest BCUT2D eigenvalue weighted by Crippen LogP contribution is 2.51. The third-order valence-corrected chi connectivity index (χ3v) is 8.07. The van der Waals surface area contributed by atoms with Crippen LogP contribution in [0.5, 0.6) is 11.5 Å². The van der Waals surface area contributed by atoms with E-state index in [2.05, 4.69) is 5.32 Å². The molecule has 0 spiro atoms. The Morgan fingerprint density at radius 1 is 1.13 bits per heavy atom. The van der Waals surface area contributed by atoms with Crippen molar-refractivity contribution in [1.82, 2.24) is 10.2 Å². The van der Waals surface area contributed by atoms with Crippen LogP contribution in [0.3, 0.4) is 0 Å². The number of ether oxygens (including phenoxy) is 2. The highest BCUT2D eigenvalue weighted by molar-refractivity contribution is 5.96. The molecule has 1 aliphatic heterocycles. The minimum Gasteiger partial charge on any atom is -0.493 e. The highest BCUT2D eigenvalue weighted by Gasteiger charge is 2.52. The summed E-state index contributed by atoms with van der Waals surface area (Å²) in [5, 5.41) is 33.7. The number of carbonyl (C=O) groups excluding carboxylic acids is 2. The monoisotopic (exact) mass is 536 g/mol. The molecule has 2 aliphatic carbocycles. The number of carbonyl (C=O) groups is 2. The Balaban J connectivity index is 1.59. The molecule has 1 heterocycles. The van der Waals surface area contributed by atoms with Crippen molar-refractivity contribution in [1.29, 1.82) is 0 Å². The molecule has 2 aromatic carbocycles. The van der Waals surface area contributed by atoms with Crippen molar-refractivity contribution in [2.24, 2.45) is 5.92 Å². The zero-order chi connectivity index (χ0) is 27.7. The van der Waals surface area contributed by atoms with E-state index >= 15 is 0 Å². The van der Waals surface area contributed by atoms with Gasteiger partial charge in [0.1, 0.15) is 12.2 Å². The fraction of sp³-hybridized carbons (Fsp3) is 0.467. The molecule has 0 radical (unpaired) electrons. The molecule has 5 rings (SSSR count). The number of fused-ring (bicyclic) bond motifs is 3. The predicted octanol–water partition coefficient (Wildman–Crippen LogP) is 1.95. The van der Waals surface area contributed by atoms with Gasteiger partial charge in [0, 0.05) is 30.1 Å². The first-order valence-corrected chi connectivity index (χ1v) is 13.5. The second-order valence-electron chi connectivity index (χ2n) is 10.6. The maximum Gasteiger partial charge on any atom is 0.247 e. The van der Waals surface area contributed by atoms with Gasteiger partial charge in [-0.3, -0.25) is 9.59 Å². The molecule has 0 bridgehead atoms. The fourth-order valence-electron chi connectivity index (χ4n) is 5.73. The van der Waals surface area contributed by atoms with Crippen LogP contribution in [-0.2, 0) is 22.7 Å². The Labute approximate surface area is 228 Å². The van der Waals surface area contributed by atoms with Crippen LogP contribution in [0.2, 0.25) is 0 Å². The van der Waals surface area contributed by atoms with Gasteiger partial charge in [0.2, 0.25) is 11.8 Å². The molecular formula is C30H36N2O7. The summed E-state index contributed by atoms with van der Waals surface area (Å²) in [4.78, 5) is 28.9. The Hall–Kier alpha value is -3.40. The first-order valence-electron chi connectivity index (χ1n) is 13.5. The van der Waals surface area contributed by atoms with Gasteiger partial charge in [-0.05, 0) is 49.1 Å². The van der Waals surface area contributed by atoms with E-state index in [0.29, 0.717) is 28.2 Å². The molecule has 39 heavy (non-hydrogen) atoms. The van der Waals surface area contributed by atoms with Crippen LogP contribution in [0.1, 0.15) is 47.4 Å². The molecule has 4 atom stereocenters. The number of methoxy groups -OCH3 is 1. The van der Waals surface area contributed by atoms with Gasteiger partial charge in [0.05, 0.1) is 32.3 Å². The van der Waals surface area contributed by atoms with Crippen molar-refractivity contribution >= 4 is 11.8 Å². The zero-order valence-corrected chi connectivity index (χ0v) is 22.3. The molecule has 2 aromatic rings. The van der Waals surface area contributed by atoms with E-state index in [1.807, 2.05) is 31.2 Å². The summed E-state index contributed by atoms with van der Waals surface area (Å²) in [6.07, 6.45) is 2.28. The number of benzene rings is 2. The van der Waals surface area contributed by atoms with Crippen LogP contribution in [0.15, 0.2) is 48.0 Å². The van der Waals surface area contributed by atoms with Crippen LogP contribution >= 0.6 is 0 Å². The molecule has 0 unspecified atom stereocenters. The van der Waals surface area contributed by atoms with Gasteiger partial charge in [-0.2, -0.15) is 0 Å². The number of amides is 2. The topological polar surface area (TPSA) is 129 Å². The summed E-state index contributed by atoms with van der Waals surface area (Å²) >= 11 is 0. The minimum atomic E-state index is -1.13. The molecule has 2 amide bonds. The third-order valence-electron chi connectivity index (χ3n) is 8.07. The molecule has 4 N–H and O–H groups in total. The zero-order valence-electron chi connectivity index (χ0n) is 22.3. The Bertz CT molecular complexity index is 1250. The van der Waals surface area contributed by atoms with Gasteiger partial charge in [0.15, 0.2) is 11.5 Å². The third kappa shape index (κ3) is 5.14. The fourth-order valence-corrected chi connectivity index (χ4v) is 5.73. The van der Waals surface area contributed by atoms with Crippen LogP contribution in [0.4, 0.5) is 0 Å². The Morgan fingerprint density at radius 2 is 1.87 bits per heavy atom. The number of aryl methyl sites for hydroxylation is 1. The van der Waals surface area contributed by atoms with E-state index in [4.69, 9.17) is 9.47 Å². The quantitative estimate of drug-likeness (QED) is 0.386. The molecule has 3 aliphatic rings. The van der Waals surface area contributed by atoms with Crippen molar-refractivity contribution in [3.8, 4) is 11.5 Å². The van der Waals surface area contributed by atoms with Crippen LogP contribution in [0, 0.1) is 12.8 Å². The molecule has 1 fully saturated rings. The van der Waals surface area contributed by atoms with Crippen molar-refractivity contribution < 1.29 is 34.4 Å². The van der Waals surface area contributed by atoms with Crippen LogP contribution < -0.4 is 14.8 Å². The standard InChI is InChI=1S/C30H36N2O7/c1-17-6-8-18(9-7-17)15-32(30(37)20-4-3-5-20)23-14-22(29(36)31-10-11-33)25-21-12-19(16-34)13-24(38-2)27(21)39-28(25)26(23)35/h6-9,12-14,20,23,25-26,28,33-35H,3-5,10-11,15-16H2,1-2H3,(H,31,36)/t23-,25+,26+,28+/m1/s1. The second kappa shape index (κ2) is 11.4. The van der Waals surface area contributed by atoms with E-state index in [0.717, 1.165) is 30.4 Å². The highest BCUT2D eigenvalue weighted by atomic mass is 16.5. The molecular weight excluding hydrogens is 500 g/mol. The van der Waals surface area contributed by atoms with Crippen LogP contribution in [-0.4, -0.2) is 70.5 Å². The summed E-state index contributed by atoms with van der Waals surface area (Å²) in [5.41, 5.74) is 3.58. The Morgan fingerprint density at radius 3 is 2.49 bits per heavy atom. The maximum atomic E-state index is 13.7. The largest absolute Gasteiger partial charge is 0.493 e. The lowest BCUT2D eigenvalue weighted by molar-refractivity contribution is -0.145. The summed E-state index contributed by atoms with van der Waals surface area (Å²) < 4.78 is 11.8. The van der Waals surface area contributed by atoms with Gasteiger partial charge >= 0.3 is 0 Å². The number of rotatable bonds is 9. The lowest BCUT2D eigenvalue weighted by Gasteiger charge is -2.42. The van der Waals surface area contributed by atoms with Gasteiger partial charge in [-0.1, -0.05) is 36.2 Å².